The normalized spacial score (nSPS) is 17.6. The number of fused-ring (bicyclic) bond motifs is 1. The SMILES string of the molecule is CCOc1cc2c(cc1OCC)C[NH+](C)CC2.[Cl-]. The van der Waals surface area contributed by atoms with Crippen LogP contribution in [0.4, 0.5) is 0 Å². The molecule has 1 aliphatic rings. The molecule has 0 fully saturated rings. The van der Waals surface area contributed by atoms with E-state index in [1.165, 1.54) is 17.7 Å². The lowest BCUT2D eigenvalue weighted by molar-refractivity contribution is -0.895. The largest absolute Gasteiger partial charge is 1.00 e. The van der Waals surface area contributed by atoms with Crippen LogP contribution in [0.3, 0.4) is 0 Å². The summed E-state index contributed by atoms with van der Waals surface area (Å²) in [6, 6.07) is 4.32. The van der Waals surface area contributed by atoms with E-state index >= 15 is 0 Å². The molecule has 0 aromatic heterocycles. The maximum Gasteiger partial charge on any atom is 0.161 e. The Hall–Kier alpha value is -0.930. The number of halogens is 1. The van der Waals surface area contributed by atoms with Crippen LogP contribution in [0.2, 0.25) is 0 Å². The molecule has 1 N–H and O–H groups in total. The van der Waals surface area contributed by atoms with E-state index in [1.54, 1.807) is 4.90 Å². The van der Waals surface area contributed by atoms with E-state index in [9.17, 15) is 0 Å². The fourth-order valence-electron chi connectivity index (χ4n) is 2.34. The first kappa shape index (κ1) is 15.1. The molecule has 1 aliphatic heterocycles. The topological polar surface area (TPSA) is 22.9 Å². The van der Waals surface area contributed by atoms with E-state index in [0.717, 1.165) is 24.5 Å². The third kappa shape index (κ3) is 3.30. The second-order valence-corrected chi connectivity index (χ2v) is 4.57. The van der Waals surface area contributed by atoms with Crippen molar-refractivity contribution in [3.05, 3.63) is 23.3 Å². The predicted molar refractivity (Wildman–Crippen MR) is 67.9 cm³/mol. The van der Waals surface area contributed by atoms with Gasteiger partial charge in [0.15, 0.2) is 11.5 Å². The maximum atomic E-state index is 5.66. The molecule has 4 heteroatoms. The summed E-state index contributed by atoms with van der Waals surface area (Å²) in [5.74, 6) is 1.79. The second-order valence-electron chi connectivity index (χ2n) is 4.57. The highest BCUT2D eigenvalue weighted by atomic mass is 35.5. The average molecular weight is 272 g/mol. The van der Waals surface area contributed by atoms with Crippen LogP contribution in [0, 0.1) is 0 Å². The van der Waals surface area contributed by atoms with Crippen molar-refractivity contribution in [1.82, 2.24) is 0 Å². The summed E-state index contributed by atoms with van der Waals surface area (Å²) in [6.07, 6.45) is 1.13. The van der Waals surface area contributed by atoms with Gasteiger partial charge in [0.05, 0.1) is 26.8 Å². The molecule has 0 spiro atoms. The molecule has 1 aromatic carbocycles. The third-order valence-electron chi connectivity index (χ3n) is 3.18. The quantitative estimate of drug-likeness (QED) is 0.689. The molecule has 0 aliphatic carbocycles. The van der Waals surface area contributed by atoms with Crippen LogP contribution in [0.15, 0.2) is 12.1 Å². The summed E-state index contributed by atoms with van der Waals surface area (Å²) in [4.78, 5) is 1.56. The highest BCUT2D eigenvalue weighted by Gasteiger charge is 2.19. The van der Waals surface area contributed by atoms with Gasteiger partial charge in [-0.05, 0) is 31.5 Å². The number of nitrogens with one attached hydrogen (secondary N) is 1. The summed E-state index contributed by atoms with van der Waals surface area (Å²) in [5, 5.41) is 0. The van der Waals surface area contributed by atoms with Gasteiger partial charge in [-0.15, -0.1) is 0 Å². The summed E-state index contributed by atoms with van der Waals surface area (Å²) < 4.78 is 11.3. The van der Waals surface area contributed by atoms with Crippen molar-refractivity contribution in [2.45, 2.75) is 26.8 Å². The van der Waals surface area contributed by atoms with Crippen molar-refractivity contribution in [1.29, 1.82) is 0 Å². The van der Waals surface area contributed by atoms with Gasteiger partial charge in [-0.2, -0.15) is 0 Å². The van der Waals surface area contributed by atoms with E-state index in [1.807, 2.05) is 13.8 Å². The van der Waals surface area contributed by atoms with E-state index in [-0.39, 0.29) is 12.4 Å². The molecule has 0 saturated carbocycles. The Morgan fingerprint density at radius 2 is 1.61 bits per heavy atom. The third-order valence-corrected chi connectivity index (χ3v) is 3.18. The summed E-state index contributed by atoms with van der Waals surface area (Å²) in [6.45, 7) is 7.67. The maximum absolute atomic E-state index is 5.66. The molecule has 18 heavy (non-hydrogen) atoms. The van der Waals surface area contributed by atoms with Crippen molar-refractivity contribution in [3.63, 3.8) is 0 Å². The van der Waals surface area contributed by atoms with Crippen molar-refractivity contribution in [2.24, 2.45) is 0 Å². The van der Waals surface area contributed by atoms with Gasteiger partial charge < -0.3 is 26.8 Å². The lowest BCUT2D eigenvalue weighted by Gasteiger charge is -2.24. The van der Waals surface area contributed by atoms with Gasteiger partial charge in [-0.3, -0.25) is 0 Å². The zero-order chi connectivity index (χ0) is 12.3. The van der Waals surface area contributed by atoms with Gasteiger partial charge in [0.25, 0.3) is 0 Å². The first-order valence-electron chi connectivity index (χ1n) is 6.47. The number of likely N-dealkylation sites (N-methyl/N-ethyl adjacent to an activating group) is 1. The monoisotopic (exact) mass is 271 g/mol. The van der Waals surface area contributed by atoms with Crippen LogP contribution in [-0.2, 0) is 13.0 Å². The number of rotatable bonds is 4. The molecule has 1 heterocycles. The van der Waals surface area contributed by atoms with Gasteiger partial charge in [-0.1, -0.05) is 0 Å². The number of hydrogen-bond donors (Lipinski definition) is 1. The fraction of sp³-hybridized carbons (Fsp3) is 0.571. The van der Waals surface area contributed by atoms with Crippen LogP contribution in [0.5, 0.6) is 11.5 Å². The first-order chi connectivity index (χ1) is 8.24. The van der Waals surface area contributed by atoms with Crippen LogP contribution < -0.4 is 26.8 Å². The lowest BCUT2D eigenvalue weighted by Crippen LogP contribution is -3.08. The number of ether oxygens (including phenoxy) is 2. The zero-order valence-corrected chi connectivity index (χ0v) is 12.1. The Morgan fingerprint density at radius 1 is 1.06 bits per heavy atom. The second kappa shape index (κ2) is 6.86. The van der Waals surface area contributed by atoms with Crippen LogP contribution >= 0.6 is 0 Å². The minimum Gasteiger partial charge on any atom is -1.00 e. The van der Waals surface area contributed by atoms with Gasteiger partial charge in [0.2, 0.25) is 0 Å². The van der Waals surface area contributed by atoms with Crippen LogP contribution in [0.1, 0.15) is 25.0 Å². The first-order valence-corrected chi connectivity index (χ1v) is 6.47. The molecule has 102 valence electrons. The van der Waals surface area contributed by atoms with Crippen molar-refractivity contribution in [2.75, 3.05) is 26.8 Å². The summed E-state index contributed by atoms with van der Waals surface area (Å²) in [5.41, 5.74) is 2.82. The number of benzene rings is 1. The molecule has 1 aromatic rings. The van der Waals surface area contributed by atoms with Gasteiger partial charge in [-0.25, -0.2) is 0 Å². The summed E-state index contributed by atoms with van der Waals surface area (Å²) in [7, 11) is 2.24. The van der Waals surface area contributed by atoms with E-state index < -0.39 is 0 Å². The van der Waals surface area contributed by atoms with Crippen molar-refractivity contribution >= 4 is 0 Å². The van der Waals surface area contributed by atoms with Crippen LogP contribution in [-0.4, -0.2) is 26.8 Å². The van der Waals surface area contributed by atoms with Gasteiger partial charge >= 0.3 is 0 Å². The Bertz CT molecular complexity index is 396. The number of quaternary nitrogens is 1. The highest BCUT2D eigenvalue weighted by Crippen LogP contribution is 2.31. The van der Waals surface area contributed by atoms with Gasteiger partial charge in [0, 0.05) is 12.0 Å². The standard InChI is InChI=1S/C14H21NO2.ClH/c1-4-16-13-8-11-6-7-15(3)10-12(11)9-14(13)17-5-2;/h8-9H,4-7,10H2,1-3H3;1H. The molecule has 1 atom stereocenters. The lowest BCUT2D eigenvalue weighted by atomic mass is 9.99. The zero-order valence-electron chi connectivity index (χ0n) is 11.4. The molecule has 2 rings (SSSR count). The minimum absolute atomic E-state index is 0. The van der Waals surface area contributed by atoms with E-state index in [0.29, 0.717) is 13.2 Å². The molecule has 0 amide bonds. The molecule has 0 bridgehead atoms. The van der Waals surface area contributed by atoms with Crippen LogP contribution in [0.25, 0.3) is 0 Å². The Labute approximate surface area is 115 Å². The Kier molecular flexibility index (Phi) is 5.76. The van der Waals surface area contributed by atoms with Gasteiger partial charge in [0.1, 0.15) is 6.54 Å². The van der Waals surface area contributed by atoms with Crippen molar-refractivity contribution in [3.8, 4) is 11.5 Å². The molecule has 0 radical (unpaired) electrons. The smallest absolute Gasteiger partial charge is 0.161 e. The predicted octanol–water partition coefficient (Wildman–Crippen LogP) is -1.94. The average Bonchev–Trinajstić information content (AvgIpc) is 2.31. The molecular weight excluding hydrogens is 250 g/mol. The molecule has 3 nitrogen and oxygen atoms in total. The minimum atomic E-state index is 0. The summed E-state index contributed by atoms with van der Waals surface area (Å²) >= 11 is 0. The Balaban J connectivity index is 0.00000162. The van der Waals surface area contributed by atoms with Crippen molar-refractivity contribution < 1.29 is 26.8 Å². The molecule has 1 unspecified atom stereocenters. The fourth-order valence-corrected chi connectivity index (χ4v) is 2.34. The number of hydrogen-bond acceptors (Lipinski definition) is 2. The highest BCUT2D eigenvalue weighted by molar-refractivity contribution is 5.47. The molecular formula is C14H22ClNO2. The van der Waals surface area contributed by atoms with E-state index in [4.69, 9.17) is 9.47 Å². The molecule has 0 saturated heterocycles. The Morgan fingerprint density at radius 3 is 2.17 bits per heavy atom. The van der Waals surface area contributed by atoms with E-state index in [2.05, 4.69) is 19.2 Å².